The third-order valence-corrected chi connectivity index (χ3v) is 5.83. The monoisotopic (exact) mass is 381 g/mol. The van der Waals surface area contributed by atoms with Gasteiger partial charge in [0, 0.05) is 28.4 Å². The zero-order valence-corrected chi connectivity index (χ0v) is 15.9. The van der Waals surface area contributed by atoms with Crippen molar-refractivity contribution in [1.29, 1.82) is 0 Å². The Morgan fingerprint density at radius 1 is 1.26 bits per heavy atom. The van der Waals surface area contributed by atoms with Gasteiger partial charge in [-0.3, -0.25) is 9.59 Å². The summed E-state index contributed by atoms with van der Waals surface area (Å²) in [6.45, 7) is 3.84. The number of nitrogens with one attached hydrogen (secondary N) is 2. The number of hydrogen-bond donors (Lipinski definition) is 2. The van der Waals surface area contributed by atoms with E-state index in [1.807, 2.05) is 44.3 Å². The molecular formula is C20H19N3O3S. The number of fused-ring (bicyclic) bond motifs is 2. The van der Waals surface area contributed by atoms with Crippen LogP contribution >= 0.6 is 11.3 Å². The fraction of sp³-hybridized carbons (Fsp3) is 0.250. The van der Waals surface area contributed by atoms with Crippen LogP contribution in [0, 0.1) is 13.8 Å². The Kier molecular flexibility index (Phi) is 4.53. The number of thiophene rings is 1. The van der Waals surface area contributed by atoms with Crippen LogP contribution in [0.3, 0.4) is 0 Å². The summed E-state index contributed by atoms with van der Waals surface area (Å²) in [4.78, 5) is 36.4. The average molecular weight is 381 g/mol. The van der Waals surface area contributed by atoms with Gasteiger partial charge in [-0.1, -0.05) is 18.2 Å². The number of nitrogens with zero attached hydrogens (tertiary/aromatic N) is 1. The summed E-state index contributed by atoms with van der Waals surface area (Å²) in [5.41, 5.74) is 2.90. The Morgan fingerprint density at radius 2 is 2.07 bits per heavy atom. The molecule has 0 bridgehead atoms. The first kappa shape index (κ1) is 17.5. The molecule has 0 fully saturated rings. The van der Waals surface area contributed by atoms with Gasteiger partial charge < -0.3 is 14.7 Å². The number of benzene rings is 1. The molecule has 0 amide bonds. The second kappa shape index (κ2) is 7.00. The van der Waals surface area contributed by atoms with Crippen molar-refractivity contribution in [3.8, 4) is 0 Å². The maximum atomic E-state index is 12.3. The van der Waals surface area contributed by atoms with E-state index in [2.05, 4.69) is 15.0 Å². The first-order chi connectivity index (χ1) is 13.0. The van der Waals surface area contributed by atoms with Gasteiger partial charge in [0.25, 0.3) is 5.56 Å². The fourth-order valence-electron chi connectivity index (χ4n) is 3.16. The molecular weight excluding hydrogens is 362 g/mol. The van der Waals surface area contributed by atoms with E-state index in [1.54, 1.807) is 0 Å². The number of ether oxygens (including phenoxy) is 1. The minimum absolute atomic E-state index is 0.0338. The van der Waals surface area contributed by atoms with E-state index in [4.69, 9.17) is 4.74 Å². The largest absolute Gasteiger partial charge is 0.458 e. The van der Waals surface area contributed by atoms with Gasteiger partial charge in [0.2, 0.25) is 0 Å². The molecule has 0 unspecified atom stereocenters. The van der Waals surface area contributed by atoms with Crippen molar-refractivity contribution in [2.24, 2.45) is 0 Å². The SMILES string of the molecule is Cc1sc2nc(COC(=O)CCc3c[nH]c4ccccc34)[nH]c(=O)c2c1C. The van der Waals surface area contributed by atoms with Crippen molar-refractivity contribution in [2.45, 2.75) is 33.3 Å². The van der Waals surface area contributed by atoms with Crippen LogP contribution in [-0.4, -0.2) is 20.9 Å². The lowest BCUT2D eigenvalue weighted by atomic mass is 10.1. The highest BCUT2D eigenvalue weighted by Crippen LogP contribution is 2.25. The second-order valence-corrected chi connectivity index (χ2v) is 7.70. The molecule has 6 nitrogen and oxygen atoms in total. The molecule has 3 aromatic heterocycles. The summed E-state index contributed by atoms with van der Waals surface area (Å²) in [5, 5.41) is 1.73. The zero-order valence-electron chi connectivity index (χ0n) is 15.1. The standard InChI is InChI=1S/C20H19N3O3S/c1-11-12(2)27-20-18(11)19(25)22-16(23-20)10-26-17(24)8-7-13-9-21-15-6-4-3-5-14(13)15/h3-6,9,21H,7-8,10H2,1-2H3,(H,22,23,25). The molecule has 0 aliphatic rings. The molecule has 2 N–H and O–H groups in total. The molecule has 27 heavy (non-hydrogen) atoms. The molecule has 0 radical (unpaired) electrons. The van der Waals surface area contributed by atoms with E-state index >= 15 is 0 Å². The van der Waals surface area contributed by atoms with Gasteiger partial charge in [0.05, 0.1) is 5.39 Å². The van der Waals surface area contributed by atoms with Gasteiger partial charge in [-0.05, 0) is 37.5 Å². The summed E-state index contributed by atoms with van der Waals surface area (Å²) in [7, 11) is 0. The van der Waals surface area contributed by atoms with Gasteiger partial charge in [0.1, 0.15) is 17.3 Å². The molecule has 0 saturated carbocycles. The Balaban J connectivity index is 1.40. The molecule has 0 spiro atoms. The van der Waals surface area contributed by atoms with Crippen molar-refractivity contribution < 1.29 is 9.53 Å². The Hall–Kier alpha value is -2.93. The van der Waals surface area contributed by atoms with Crippen LogP contribution in [0.2, 0.25) is 0 Å². The number of para-hydroxylation sites is 1. The molecule has 0 aliphatic heterocycles. The van der Waals surface area contributed by atoms with Crippen LogP contribution < -0.4 is 5.56 Å². The van der Waals surface area contributed by atoms with E-state index in [9.17, 15) is 9.59 Å². The number of carbonyl (C=O) groups excluding carboxylic acids is 1. The molecule has 4 rings (SSSR count). The zero-order chi connectivity index (χ0) is 19.0. The number of carbonyl (C=O) groups is 1. The van der Waals surface area contributed by atoms with Crippen LogP contribution in [0.25, 0.3) is 21.1 Å². The minimum Gasteiger partial charge on any atom is -0.458 e. The van der Waals surface area contributed by atoms with Gasteiger partial charge in [-0.25, -0.2) is 4.98 Å². The third kappa shape index (κ3) is 3.38. The van der Waals surface area contributed by atoms with Crippen molar-refractivity contribution in [1.82, 2.24) is 15.0 Å². The summed E-state index contributed by atoms with van der Waals surface area (Å²) in [6, 6.07) is 7.98. The molecule has 138 valence electrons. The van der Waals surface area contributed by atoms with Crippen molar-refractivity contribution >= 4 is 38.4 Å². The van der Waals surface area contributed by atoms with Gasteiger partial charge in [-0.15, -0.1) is 11.3 Å². The fourth-order valence-corrected chi connectivity index (χ4v) is 4.21. The van der Waals surface area contributed by atoms with Crippen molar-refractivity contribution in [3.05, 3.63) is 62.6 Å². The number of esters is 1. The van der Waals surface area contributed by atoms with E-state index in [1.165, 1.54) is 11.3 Å². The van der Waals surface area contributed by atoms with Crippen LogP contribution in [0.1, 0.15) is 28.2 Å². The normalized spacial score (nSPS) is 11.3. The number of aromatic nitrogens is 3. The van der Waals surface area contributed by atoms with Crippen LogP contribution in [0.4, 0.5) is 0 Å². The number of rotatable bonds is 5. The lowest BCUT2D eigenvalue weighted by Gasteiger charge is -2.04. The highest BCUT2D eigenvalue weighted by Gasteiger charge is 2.13. The van der Waals surface area contributed by atoms with E-state index < -0.39 is 0 Å². The quantitative estimate of drug-likeness (QED) is 0.515. The first-order valence-corrected chi connectivity index (χ1v) is 9.54. The summed E-state index contributed by atoms with van der Waals surface area (Å²) < 4.78 is 5.30. The topological polar surface area (TPSA) is 87.8 Å². The van der Waals surface area contributed by atoms with Crippen LogP contribution in [-0.2, 0) is 22.6 Å². The maximum Gasteiger partial charge on any atom is 0.306 e. The predicted molar refractivity (Wildman–Crippen MR) is 106 cm³/mol. The number of aryl methyl sites for hydroxylation is 3. The summed E-state index contributed by atoms with van der Waals surface area (Å²) in [6.07, 6.45) is 2.78. The Morgan fingerprint density at radius 3 is 2.93 bits per heavy atom. The Bertz CT molecular complexity index is 1200. The highest BCUT2D eigenvalue weighted by molar-refractivity contribution is 7.18. The van der Waals surface area contributed by atoms with Gasteiger partial charge >= 0.3 is 5.97 Å². The first-order valence-electron chi connectivity index (χ1n) is 8.72. The molecule has 4 aromatic rings. The summed E-state index contributed by atoms with van der Waals surface area (Å²) >= 11 is 1.48. The average Bonchev–Trinajstić information content (AvgIpc) is 3.19. The molecule has 1 aromatic carbocycles. The number of aromatic amines is 2. The lowest BCUT2D eigenvalue weighted by molar-refractivity contribution is -0.145. The molecule has 0 atom stereocenters. The van der Waals surface area contributed by atoms with Crippen LogP contribution in [0.15, 0.2) is 35.3 Å². The lowest BCUT2D eigenvalue weighted by Crippen LogP contribution is -2.14. The molecule has 7 heteroatoms. The van der Waals surface area contributed by atoms with E-state index in [0.29, 0.717) is 22.5 Å². The predicted octanol–water partition coefficient (Wildman–Crippen LogP) is 3.76. The highest BCUT2D eigenvalue weighted by atomic mass is 32.1. The van der Waals surface area contributed by atoms with Crippen molar-refractivity contribution in [3.63, 3.8) is 0 Å². The van der Waals surface area contributed by atoms with E-state index in [0.717, 1.165) is 26.9 Å². The number of hydrogen-bond acceptors (Lipinski definition) is 5. The Labute approximate surface area is 159 Å². The smallest absolute Gasteiger partial charge is 0.306 e. The van der Waals surface area contributed by atoms with E-state index in [-0.39, 0.29) is 24.6 Å². The van der Waals surface area contributed by atoms with Gasteiger partial charge in [0.15, 0.2) is 0 Å². The van der Waals surface area contributed by atoms with Crippen molar-refractivity contribution in [2.75, 3.05) is 0 Å². The molecule has 0 saturated heterocycles. The third-order valence-electron chi connectivity index (χ3n) is 4.73. The number of H-pyrrole nitrogens is 2. The molecule has 0 aliphatic carbocycles. The van der Waals surface area contributed by atoms with Crippen LogP contribution in [0.5, 0.6) is 0 Å². The van der Waals surface area contributed by atoms with Gasteiger partial charge in [-0.2, -0.15) is 0 Å². The minimum atomic E-state index is -0.318. The molecule has 3 heterocycles. The maximum absolute atomic E-state index is 12.3. The second-order valence-electron chi connectivity index (χ2n) is 6.50. The summed E-state index contributed by atoms with van der Waals surface area (Å²) in [5.74, 6) is 0.0516.